The van der Waals surface area contributed by atoms with E-state index < -0.39 is 34.7 Å². The molecule has 0 aliphatic carbocycles. The Kier molecular flexibility index (Phi) is 8.55. The van der Waals surface area contributed by atoms with Gasteiger partial charge in [0.15, 0.2) is 17.2 Å². The van der Waals surface area contributed by atoms with Gasteiger partial charge in [0.25, 0.3) is 5.91 Å². The van der Waals surface area contributed by atoms with Crippen molar-refractivity contribution in [1.29, 1.82) is 5.26 Å². The molecule has 1 saturated heterocycles. The molecule has 1 aliphatic heterocycles. The van der Waals surface area contributed by atoms with E-state index in [1.807, 2.05) is 13.0 Å². The van der Waals surface area contributed by atoms with Crippen LogP contribution in [0.5, 0.6) is 11.5 Å². The Labute approximate surface area is 251 Å². The fourth-order valence-corrected chi connectivity index (χ4v) is 5.29. The van der Waals surface area contributed by atoms with Crippen LogP contribution in [0.2, 0.25) is 0 Å². The van der Waals surface area contributed by atoms with Crippen LogP contribution >= 0.6 is 0 Å². The molecule has 2 aromatic carbocycles. The lowest BCUT2D eigenvalue weighted by Crippen LogP contribution is -2.42. The monoisotopic (exact) mass is 605 g/mol. The third kappa shape index (κ3) is 6.07. The average Bonchev–Trinajstić information content (AvgIpc) is 3.39. The largest absolute Gasteiger partial charge is 0.454 e. The van der Waals surface area contributed by atoms with Gasteiger partial charge in [0.2, 0.25) is 5.82 Å². The van der Waals surface area contributed by atoms with Crippen LogP contribution in [0.3, 0.4) is 0 Å². The van der Waals surface area contributed by atoms with Gasteiger partial charge in [-0.2, -0.15) is 14.8 Å². The number of ether oxygens (including phenoxy) is 2. The van der Waals surface area contributed by atoms with Crippen LogP contribution in [0.25, 0.3) is 22.3 Å². The van der Waals surface area contributed by atoms with Gasteiger partial charge in [-0.05, 0) is 64.0 Å². The normalized spacial score (nSPS) is 15.8. The minimum atomic E-state index is -1.19. The first-order chi connectivity index (χ1) is 21.0. The Hall–Kier alpha value is -4.96. The summed E-state index contributed by atoms with van der Waals surface area (Å²) in [7, 11) is 0. The highest BCUT2D eigenvalue weighted by atomic mass is 19.2. The van der Waals surface area contributed by atoms with Gasteiger partial charge in [-0.3, -0.25) is 4.79 Å². The Bertz CT molecular complexity index is 1800. The molecule has 10 nitrogen and oxygen atoms in total. The van der Waals surface area contributed by atoms with Crippen molar-refractivity contribution in [2.45, 2.75) is 45.3 Å². The van der Waals surface area contributed by atoms with Gasteiger partial charge in [-0.1, -0.05) is 6.07 Å². The number of nitriles is 1. The summed E-state index contributed by atoms with van der Waals surface area (Å²) in [5.41, 5.74) is 5.96. The molecule has 0 radical (unpaired) electrons. The predicted octanol–water partition coefficient (Wildman–Crippen LogP) is 5.71. The highest BCUT2D eigenvalue weighted by Crippen LogP contribution is 2.37. The number of rotatable bonds is 8. The molecule has 44 heavy (non-hydrogen) atoms. The van der Waals surface area contributed by atoms with Crippen LogP contribution < -0.4 is 10.5 Å². The molecule has 0 saturated carbocycles. The van der Waals surface area contributed by atoms with E-state index in [4.69, 9.17) is 20.3 Å². The van der Waals surface area contributed by atoms with Gasteiger partial charge >= 0.3 is 0 Å². The number of likely N-dealkylation sites (tertiary alicyclic amines) is 1. The van der Waals surface area contributed by atoms with Crippen LogP contribution in [0.4, 0.5) is 19.0 Å². The molecule has 4 aromatic rings. The molecule has 3 heterocycles. The number of carbonyl (C=O) groups excluding carboxylic acids is 1. The zero-order valence-electron chi connectivity index (χ0n) is 24.4. The fraction of sp³-hybridized carbons (Fsp3) is 0.323. The van der Waals surface area contributed by atoms with Gasteiger partial charge in [0.05, 0.1) is 17.0 Å². The summed E-state index contributed by atoms with van der Waals surface area (Å²) in [5.74, 6) is -3.83. The summed E-state index contributed by atoms with van der Waals surface area (Å²) in [6, 6.07) is 8.91. The molecule has 0 bridgehead atoms. The van der Waals surface area contributed by atoms with E-state index in [1.54, 1.807) is 23.4 Å². The second-order valence-electron chi connectivity index (χ2n) is 10.8. The third-order valence-corrected chi connectivity index (χ3v) is 7.25. The Morgan fingerprint density at radius 3 is 2.73 bits per heavy atom. The molecule has 228 valence electrons. The first kappa shape index (κ1) is 30.5. The van der Waals surface area contributed by atoms with Gasteiger partial charge in [0, 0.05) is 31.3 Å². The number of carbonyl (C=O) groups is 1. The Balaban J connectivity index is 1.47. The molecular weight excluding hydrogens is 575 g/mol. The summed E-state index contributed by atoms with van der Waals surface area (Å²) in [6.45, 7) is 6.47. The molecule has 1 unspecified atom stereocenters. The summed E-state index contributed by atoms with van der Waals surface area (Å²) < 4.78 is 55.9. The first-order valence-corrected chi connectivity index (χ1v) is 14.0. The number of amides is 1. The van der Waals surface area contributed by atoms with Crippen LogP contribution in [0.1, 0.15) is 39.7 Å². The lowest BCUT2D eigenvalue weighted by Gasteiger charge is -2.33. The van der Waals surface area contributed by atoms with Crippen molar-refractivity contribution in [2.75, 3.05) is 25.4 Å². The maximum atomic E-state index is 15.5. The van der Waals surface area contributed by atoms with E-state index in [-0.39, 0.29) is 41.0 Å². The lowest BCUT2D eigenvalue weighted by atomic mass is 10.0. The minimum Gasteiger partial charge on any atom is -0.454 e. The minimum absolute atomic E-state index is 0.0239. The highest BCUT2D eigenvalue weighted by molar-refractivity contribution is 5.99. The van der Waals surface area contributed by atoms with E-state index >= 15 is 4.39 Å². The smallest absolute Gasteiger partial charge is 0.264 e. The van der Waals surface area contributed by atoms with Crippen LogP contribution in [-0.2, 0) is 9.53 Å². The van der Waals surface area contributed by atoms with Gasteiger partial charge in [-0.25, -0.2) is 23.4 Å². The maximum absolute atomic E-state index is 15.5. The molecule has 1 amide bonds. The van der Waals surface area contributed by atoms with Crippen molar-refractivity contribution >= 4 is 22.8 Å². The van der Waals surface area contributed by atoms with Gasteiger partial charge in [0.1, 0.15) is 41.0 Å². The van der Waals surface area contributed by atoms with E-state index in [0.717, 1.165) is 12.1 Å². The van der Waals surface area contributed by atoms with Crippen molar-refractivity contribution in [3.8, 4) is 28.8 Å². The fourth-order valence-electron chi connectivity index (χ4n) is 5.29. The molecular formula is C31H30F3N7O3. The van der Waals surface area contributed by atoms with Crippen molar-refractivity contribution in [3.63, 3.8) is 0 Å². The second kappa shape index (κ2) is 12.3. The number of fused-ring (bicyclic) bond motifs is 1. The molecule has 1 aliphatic rings. The molecule has 5 rings (SSSR count). The molecule has 2 N–H and O–H groups in total. The molecule has 2 aromatic heterocycles. The predicted molar refractivity (Wildman–Crippen MR) is 156 cm³/mol. The number of halogens is 3. The number of piperidine rings is 1. The highest BCUT2D eigenvalue weighted by Gasteiger charge is 2.31. The summed E-state index contributed by atoms with van der Waals surface area (Å²) in [5, 5.41) is 14.8. The standard InChI is InChI=1S/C31H30F3N7O3/c1-4-43-31(2,3)14-18(15-35)30(42)40-12-6-7-19(16-40)41-29-25(28(36)37-17-38-29)27(39-41)21-11-10-20(13-23(21)33)44-24-9-5-8-22(32)26(24)34/h5,8-11,13-14,17,19H,4,6-7,12,16H2,1-3H3,(H2,36,37,38). The zero-order valence-corrected chi connectivity index (χ0v) is 24.4. The molecule has 1 atom stereocenters. The number of benzene rings is 2. The quantitative estimate of drug-likeness (QED) is 0.199. The topological polar surface area (TPSA) is 132 Å². The number of nitrogens with zero attached hydrogens (tertiary/aromatic N) is 6. The van der Waals surface area contributed by atoms with Crippen molar-refractivity contribution in [1.82, 2.24) is 24.6 Å². The summed E-state index contributed by atoms with van der Waals surface area (Å²) in [6.07, 6.45) is 4.06. The Morgan fingerprint density at radius 1 is 1.20 bits per heavy atom. The number of hydrogen-bond donors (Lipinski definition) is 1. The van der Waals surface area contributed by atoms with Crippen molar-refractivity contribution in [2.24, 2.45) is 0 Å². The summed E-state index contributed by atoms with van der Waals surface area (Å²) >= 11 is 0. The second-order valence-corrected chi connectivity index (χ2v) is 10.8. The third-order valence-electron chi connectivity index (χ3n) is 7.25. The molecule has 1 fully saturated rings. The summed E-state index contributed by atoms with van der Waals surface area (Å²) in [4.78, 5) is 23.4. The average molecular weight is 606 g/mol. The number of nitrogen functional groups attached to an aromatic ring is 1. The van der Waals surface area contributed by atoms with Crippen LogP contribution in [0, 0.1) is 28.8 Å². The number of aromatic nitrogens is 4. The van der Waals surface area contributed by atoms with Crippen molar-refractivity contribution < 1.29 is 27.4 Å². The Morgan fingerprint density at radius 2 is 2.00 bits per heavy atom. The maximum Gasteiger partial charge on any atom is 0.264 e. The molecule has 13 heteroatoms. The van der Waals surface area contributed by atoms with E-state index in [0.29, 0.717) is 37.0 Å². The number of anilines is 1. The molecule has 0 spiro atoms. The van der Waals surface area contributed by atoms with E-state index in [9.17, 15) is 18.8 Å². The van der Waals surface area contributed by atoms with E-state index in [2.05, 4.69) is 9.97 Å². The number of nitrogens with two attached hydrogens (primary N) is 1. The van der Waals surface area contributed by atoms with Gasteiger partial charge in [-0.15, -0.1) is 0 Å². The van der Waals surface area contributed by atoms with Gasteiger partial charge < -0.3 is 20.1 Å². The SMILES string of the molecule is CCOC(C)(C)C=C(C#N)C(=O)N1CCCC(n2nc(-c3ccc(Oc4cccc(F)c4F)cc3F)c3c(N)ncnc32)C1. The van der Waals surface area contributed by atoms with Crippen molar-refractivity contribution in [3.05, 3.63) is 71.8 Å². The van der Waals surface area contributed by atoms with Crippen LogP contribution in [0.15, 0.2) is 54.4 Å². The lowest BCUT2D eigenvalue weighted by molar-refractivity contribution is -0.128. The van der Waals surface area contributed by atoms with E-state index in [1.165, 1.54) is 36.7 Å². The zero-order chi connectivity index (χ0) is 31.6. The van der Waals surface area contributed by atoms with Crippen LogP contribution in [-0.4, -0.2) is 55.9 Å². The first-order valence-electron chi connectivity index (χ1n) is 14.0. The number of hydrogen-bond acceptors (Lipinski definition) is 8.